The highest BCUT2D eigenvalue weighted by molar-refractivity contribution is 6.30. The van der Waals surface area contributed by atoms with E-state index >= 15 is 0 Å². The van der Waals surface area contributed by atoms with Gasteiger partial charge in [0.2, 0.25) is 0 Å². The van der Waals surface area contributed by atoms with E-state index in [1.165, 1.54) is 18.4 Å². The zero-order chi connectivity index (χ0) is 11.8. The average molecular weight is 237 g/mol. The zero-order valence-electron chi connectivity index (χ0n) is 10.2. The summed E-state index contributed by atoms with van der Waals surface area (Å²) in [6.07, 6.45) is 9.29. The molecule has 0 aromatic heterocycles. The van der Waals surface area contributed by atoms with E-state index in [4.69, 9.17) is 11.6 Å². The van der Waals surface area contributed by atoms with Crippen molar-refractivity contribution in [3.05, 3.63) is 47.0 Å². The largest absolute Gasteiger partial charge is 0.0888 e. The summed E-state index contributed by atoms with van der Waals surface area (Å²) in [6, 6.07) is 8.29. The minimum absolute atomic E-state index is 0.644. The maximum atomic E-state index is 5.91. The number of benzene rings is 1. The van der Waals surface area contributed by atoms with Crippen LogP contribution < -0.4 is 0 Å². The Morgan fingerprint density at radius 1 is 1.12 bits per heavy atom. The standard InChI is InChI=1S/C15H21Cl/c1-3-5-6-8-13(7-4-2)14-9-11-15(16)12-10-14/h5-6,9-13H,3-4,7-8H2,1-2H3/b6-5-. The van der Waals surface area contributed by atoms with Gasteiger partial charge in [-0.25, -0.2) is 0 Å². The van der Waals surface area contributed by atoms with Crippen LogP contribution in [0.2, 0.25) is 5.02 Å². The third-order valence-corrected chi connectivity index (χ3v) is 3.05. The molecule has 1 aromatic rings. The predicted octanol–water partition coefficient (Wildman–Crippen LogP) is 5.58. The lowest BCUT2D eigenvalue weighted by Crippen LogP contribution is -1.96. The number of allylic oxidation sites excluding steroid dienone is 2. The minimum Gasteiger partial charge on any atom is -0.0888 e. The highest BCUT2D eigenvalue weighted by Gasteiger charge is 2.08. The van der Waals surface area contributed by atoms with Crippen LogP contribution >= 0.6 is 11.6 Å². The van der Waals surface area contributed by atoms with E-state index in [1.54, 1.807) is 0 Å². The molecule has 0 aliphatic rings. The van der Waals surface area contributed by atoms with Gasteiger partial charge in [-0.3, -0.25) is 0 Å². The molecule has 0 saturated heterocycles. The van der Waals surface area contributed by atoms with Gasteiger partial charge in [-0.05, 0) is 42.9 Å². The molecule has 0 nitrogen and oxygen atoms in total. The summed E-state index contributed by atoms with van der Waals surface area (Å²) in [5.41, 5.74) is 1.41. The minimum atomic E-state index is 0.644. The van der Waals surface area contributed by atoms with Gasteiger partial charge in [0.25, 0.3) is 0 Å². The maximum Gasteiger partial charge on any atom is 0.0406 e. The number of hydrogen-bond acceptors (Lipinski definition) is 0. The molecule has 1 rings (SSSR count). The van der Waals surface area contributed by atoms with Crippen molar-refractivity contribution < 1.29 is 0 Å². The Morgan fingerprint density at radius 3 is 2.38 bits per heavy atom. The summed E-state index contributed by atoms with van der Waals surface area (Å²) in [4.78, 5) is 0. The van der Waals surface area contributed by atoms with Gasteiger partial charge in [0, 0.05) is 5.02 Å². The van der Waals surface area contributed by atoms with E-state index in [2.05, 4.69) is 38.1 Å². The second-order valence-electron chi connectivity index (χ2n) is 4.15. The summed E-state index contributed by atoms with van der Waals surface area (Å²) >= 11 is 5.91. The van der Waals surface area contributed by atoms with Crippen LogP contribution in [0.4, 0.5) is 0 Å². The van der Waals surface area contributed by atoms with Gasteiger partial charge >= 0.3 is 0 Å². The molecular weight excluding hydrogens is 216 g/mol. The van der Waals surface area contributed by atoms with Crippen LogP contribution in [-0.2, 0) is 0 Å². The molecule has 0 fully saturated rings. The Balaban J connectivity index is 2.68. The van der Waals surface area contributed by atoms with Crippen molar-refractivity contribution in [3.8, 4) is 0 Å². The van der Waals surface area contributed by atoms with E-state index in [-0.39, 0.29) is 0 Å². The Bertz CT molecular complexity index is 311. The molecular formula is C15H21Cl. The Kier molecular flexibility index (Phi) is 6.25. The lowest BCUT2D eigenvalue weighted by Gasteiger charge is -2.14. The second-order valence-corrected chi connectivity index (χ2v) is 4.59. The number of halogens is 1. The van der Waals surface area contributed by atoms with Gasteiger partial charge in [-0.2, -0.15) is 0 Å². The topological polar surface area (TPSA) is 0 Å². The summed E-state index contributed by atoms with van der Waals surface area (Å²) in [5.74, 6) is 0.644. The highest BCUT2D eigenvalue weighted by Crippen LogP contribution is 2.26. The first-order valence-corrected chi connectivity index (χ1v) is 6.56. The molecule has 0 saturated carbocycles. The van der Waals surface area contributed by atoms with Gasteiger partial charge in [0.1, 0.15) is 0 Å². The molecule has 0 amide bonds. The third kappa shape index (κ3) is 4.40. The Morgan fingerprint density at radius 2 is 1.81 bits per heavy atom. The van der Waals surface area contributed by atoms with Crippen LogP contribution in [0.3, 0.4) is 0 Å². The molecule has 0 aliphatic carbocycles. The van der Waals surface area contributed by atoms with Crippen LogP contribution in [-0.4, -0.2) is 0 Å². The zero-order valence-corrected chi connectivity index (χ0v) is 11.0. The smallest absolute Gasteiger partial charge is 0.0406 e. The summed E-state index contributed by atoms with van der Waals surface area (Å²) in [5, 5.41) is 0.822. The fourth-order valence-corrected chi connectivity index (χ4v) is 2.06. The second kappa shape index (κ2) is 7.51. The third-order valence-electron chi connectivity index (χ3n) is 2.80. The van der Waals surface area contributed by atoms with Gasteiger partial charge in [0.15, 0.2) is 0 Å². The fraction of sp³-hybridized carbons (Fsp3) is 0.467. The van der Waals surface area contributed by atoms with E-state index in [0.717, 1.165) is 17.9 Å². The summed E-state index contributed by atoms with van der Waals surface area (Å²) in [6.45, 7) is 4.42. The van der Waals surface area contributed by atoms with Crippen molar-refractivity contribution in [2.75, 3.05) is 0 Å². The van der Waals surface area contributed by atoms with E-state index < -0.39 is 0 Å². The molecule has 1 aromatic carbocycles. The lowest BCUT2D eigenvalue weighted by atomic mass is 9.91. The van der Waals surface area contributed by atoms with Crippen LogP contribution in [0.15, 0.2) is 36.4 Å². The molecule has 0 N–H and O–H groups in total. The summed E-state index contributed by atoms with van der Waals surface area (Å²) < 4.78 is 0. The van der Waals surface area contributed by atoms with Gasteiger partial charge in [0.05, 0.1) is 0 Å². The Labute approximate surface area is 104 Å². The lowest BCUT2D eigenvalue weighted by molar-refractivity contribution is 0.620. The number of hydrogen-bond donors (Lipinski definition) is 0. The SMILES string of the molecule is CC/C=C\CC(CCC)c1ccc(Cl)cc1. The first-order chi connectivity index (χ1) is 7.77. The van der Waals surface area contributed by atoms with Gasteiger partial charge in [-0.1, -0.05) is 56.2 Å². The molecule has 1 atom stereocenters. The molecule has 16 heavy (non-hydrogen) atoms. The van der Waals surface area contributed by atoms with Crippen LogP contribution in [0.1, 0.15) is 51.0 Å². The monoisotopic (exact) mass is 236 g/mol. The van der Waals surface area contributed by atoms with Gasteiger partial charge < -0.3 is 0 Å². The quantitative estimate of drug-likeness (QED) is 0.566. The summed E-state index contributed by atoms with van der Waals surface area (Å²) in [7, 11) is 0. The predicted molar refractivity (Wildman–Crippen MR) is 73.1 cm³/mol. The van der Waals surface area contributed by atoms with Crippen molar-refractivity contribution in [2.24, 2.45) is 0 Å². The molecule has 0 spiro atoms. The van der Waals surface area contributed by atoms with E-state index in [0.29, 0.717) is 5.92 Å². The molecule has 1 heteroatoms. The van der Waals surface area contributed by atoms with E-state index in [1.807, 2.05) is 12.1 Å². The van der Waals surface area contributed by atoms with E-state index in [9.17, 15) is 0 Å². The first-order valence-electron chi connectivity index (χ1n) is 6.18. The molecule has 0 aliphatic heterocycles. The average Bonchev–Trinajstić information content (AvgIpc) is 2.29. The van der Waals surface area contributed by atoms with Crippen LogP contribution in [0, 0.1) is 0 Å². The van der Waals surface area contributed by atoms with Crippen molar-refractivity contribution >= 4 is 11.6 Å². The molecule has 1 unspecified atom stereocenters. The van der Waals surface area contributed by atoms with Crippen molar-refractivity contribution in [1.29, 1.82) is 0 Å². The maximum absolute atomic E-state index is 5.91. The molecule has 0 radical (unpaired) electrons. The van der Waals surface area contributed by atoms with Crippen LogP contribution in [0.5, 0.6) is 0 Å². The highest BCUT2D eigenvalue weighted by atomic mass is 35.5. The van der Waals surface area contributed by atoms with Crippen LogP contribution in [0.25, 0.3) is 0 Å². The Hall–Kier alpha value is -0.750. The molecule has 88 valence electrons. The molecule has 0 heterocycles. The number of rotatable bonds is 6. The van der Waals surface area contributed by atoms with Crippen molar-refractivity contribution in [2.45, 2.75) is 45.4 Å². The van der Waals surface area contributed by atoms with Crippen molar-refractivity contribution in [1.82, 2.24) is 0 Å². The van der Waals surface area contributed by atoms with Crippen molar-refractivity contribution in [3.63, 3.8) is 0 Å². The normalized spacial score (nSPS) is 13.2. The fourth-order valence-electron chi connectivity index (χ4n) is 1.93. The first kappa shape index (κ1) is 13.3. The van der Waals surface area contributed by atoms with Gasteiger partial charge in [-0.15, -0.1) is 0 Å². The molecule has 0 bridgehead atoms.